The number of nitrogens with two attached hydrogens (primary N) is 1. The molecule has 2 fully saturated rings. The van der Waals surface area contributed by atoms with Crippen molar-refractivity contribution in [1.29, 1.82) is 0 Å². The van der Waals surface area contributed by atoms with Crippen LogP contribution in [0.5, 0.6) is 5.75 Å². The highest BCUT2D eigenvalue weighted by Gasteiger charge is 2.31. The van der Waals surface area contributed by atoms with Gasteiger partial charge in [0.2, 0.25) is 5.91 Å². The van der Waals surface area contributed by atoms with Crippen LogP contribution in [-0.2, 0) is 14.3 Å². The molecule has 1 aliphatic heterocycles. The number of nitrogens with zero attached hydrogens (tertiary/aromatic N) is 2. The molecule has 8 nitrogen and oxygen atoms in total. The van der Waals surface area contributed by atoms with Crippen molar-refractivity contribution in [1.82, 2.24) is 4.90 Å². The molecular formula is C21H28F4N4O4. The van der Waals surface area contributed by atoms with Crippen molar-refractivity contribution in [3.05, 3.63) is 18.2 Å². The number of carbonyl (C=O) groups excluding carboxylic acids is 2. The fourth-order valence-electron chi connectivity index (χ4n) is 3.94. The Kier molecular flexibility index (Phi) is 8.87. The fraction of sp³-hybridized carbons (Fsp3) is 0.619. The molecule has 33 heavy (non-hydrogen) atoms. The molecule has 1 aromatic rings. The van der Waals surface area contributed by atoms with Crippen molar-refractivity contribution in [2.45, 2.75) is 38.3 Å². The molecule has 1 saturated carbocycles. The lowest BCUT2D eigenvalue weighted by Gasteiger charge is -2.36. The molecule has 3 N–H and O–H groups in total. The third-order valence-electron chi connectivity index (χ3n) is 5.78. The quantitative estimate of drug-likeness (QED) is 0.476. The third kappa shape index (κ3) is 6.78. The van der Waals surface area contributed by atoms with E-state index >= 15 is 0 Å². The van der Waals surface area contributed by atoms with Crippen molar-refractivity contribution < 1.29 is 36.6 Å². The molecule has 0 unspecified atom stereocenters. The zero-order valence-electron chi connectivity index (χ0n) is 18.0. The van der Waals surface area contributed by atoms with Crippen molar-refractivity contribution in [3.63, 3.8) is 0 Å². The number of morpholine rings is 1. The lowest BCUT2D eigenvalue weighted by atomic mass is 9.85. The van der Waals surface area contributed by atoms with Crippen molar-refractivity contribution in [3.8, 4) is 5.75 Å². The first-order valence-corrected chi connectivity index (χ1v) is 10.8. The van der Waals surface area contributed by atoms with E-state index in [1.54, 1.807) is 0 Å². The van der Waals surface area contributed by atoms with E-state index in [-0.39, 0.29) is 49.3 Å². The van der Waals surface area contributed by atoms with Gasteiger partial charge in [-0.2, -0.15) is 8.78 Å². The second-order valence-electron chi connectivity index (χ2n) is 8.04. The highest BCUT2D eigenvalue weighted by Crippen LogP contribution is 2.34. The number of nitrogens with one attached hydrogen (secondary N) is 1. The highest BCUT2D eigenvalue weighted by molar-refractivity contribution is 5.98. The normalized spacial score (nSPS) is 18.1. The summed E-state index contributed by atoms with van der Waals surface area (Å²) in [5, 5.41) is 2.55. The summed E-state index contributed by atoms with van der Waals surface area (Å²) in [6, 6.07) is 2.95. The van der Waals surface area contributed by atoms with Crippen molar-refractivity contribution in [2.75, 3.05) is 49.6 Å². The molecule has 1 heterocycles. The summed E-state index contributed by atoms with van der Waals surface area (Å²) in [5.41, 5.74) is 5.97. The Morgan fingerprint density at radius 2 is 2.06 bits per heavy atom. The van der Waals surface area contributed by atoms with E-state index in [1.807, 2.05) is 0 Å². The van der Waals surface area contributed by atoms with Crippen LogP contribution >= 0.6 is 0 Å². The van der Waals surface area contributed by atoms with Gasteiger partial charge in [-0.25, -0.2) is 8.78 Å². The van der Waals surface area contributed by atoms with Gasteiger partial charge in [0, 0.05) is 31.4 Å². The monoisotopic (exact) mass is 476 g/mol. The van der Waals surface area contributed by atoms with Crippen LogP contribution in [-0.4, -0.2) is 75.2 Å². The number of hydrogen-bond donors (Lipinski definition) is 2. The molecule has 0 aromatic heterocycles. The molecule has 1 saturated heterocycles. The van der Waals surface area contributed by atoms with Crippen LogP contribution in [0.1, 0.15) is 19.3 Å². The van der Waals surface area contributed by atoms with Crippen LogP contribution in [0.3, 0.4) is 0 Å². The molecule has 3 rings (SSSR count). The van der Waals surface area contributed by atoms with Crippen LogP contribution in [0, 0.1) is 5.92 Å². The summed E-state index contributed by atoms with van der Waals surface area (Å²) in [6.07, 6.45) is 0.212. The summed E-state index contributed by atoms with van der Waals surface area (Å²) in [7, 11) is 0. The maximum Gasteiger partial charge on any atom is 0.387 e. The standard InChI is InChI=1S/C21H28F4N4O4/c22-18(23)11-28(10-13-2-1-3-13)16(9-26)20(31)27-14-4-5-15(17(8-14)33-21(24)25)29-6-7-32-12-19(29)30/h4-5,8,13,16,18,21H,1-3,6-7,9-12,26H2,(H,27,31)/t16-/m0/s1. The molecular weight excluding hydrogens is 448 g/mol. The van der Waals surface area contributed by atoms with Gasteiger partial charge in [0.05, 0.1) is 18.8 Å². The van der Waals surface area contributed by atoms with Crippen molar-refractivity contribution >= 4 is 23.2 Å². The van der Waals surface area contributed by atoms with Crippen LogP contribution in [0.15, 0.2) is 18.2 Å². The smallest absolute Gasteiger partial charge is 0.387 e. The van der Waals surface area contributed by atoms with Crippen LogP contribution in [0.25, 0.3) is 0 Å². The van der Waals surface area contributed by atoms with Crippen LogP contribution in [0.2, 0.25) is 0 Å². The summed E-state index contributed by atoms with van der Waals surface area (Å²) >= 11 is 0. The largest absolute Gasteiger partial charge is 0.433 e. The Bertz CT molecular complexity index is 825. The average Bonchev–Trinajstić information content (AvgIpc) is 2.71. The van der Waals surface area contributed by atoms with Gasteiger partial charge in [-0.1, -0.05) is 6.42 Å². The molecule has 2 amide bonds. The number of halogens is 4. The number of anilines is 2. The fourth-order valence-corrected chi connectivity index (χ4v) is 3.94. The Morgan fingerprint density at radius 1 is 1.30 bits per heavy atom. The molecule has 1 atom stereocenters. The maximum absolute atomic E-state index is 13.1. The molecule has 0 radical (unpaired) electrons. The number of rotatable bonds is 11. The van der Waals surface area contributed by atoms with E-state index < -0.39 is 37.4 Å². The molecule has 1 aromatic carbocycles. The van der Waals surface area contributed by atoms with E-state index in [0.717, 1.165) is 19.3 Å². The lowest BCUT2D eigenvalue weighted by Crippen LogP contribution is -2.52. The van der Waals surface area contributed by atoms with Gasteiger partial charge in [-0.05, 0) is 30.9 Å². The van der Waals surface area contributed by atoms with Gasteiger partial charge < -0.3 is 25.4 Å². The zero-order valence-corrected chi connectivity index (χ0v) is 18.0. The lowest BCUT2D eigenvalue weighted by molar-refractivity contribution is -0.126. The first kappa shape index (κ1) is 25.2. The Balaban J connectivity index is 1.78. The minimum absolute atomic E-state index is 0.110. The molecule has 2 aliphatic rings. The molecule has 1 aliphatic carbocycles. The Morgan fingerprint density at radius 3 is 2.64 bits per heavy atom. The molecule has 0 spiro atoms. The minimum Gasteiger partial charge on any atom is -0.433 e. The number of carbonyl (C=O) groups is 2. The van der Waals surface area contributed by atoms with Gasteiger partial charge >= 0.3 is 6.61 Å². The first-order chi connectivity index (χ1) is 15.8. The predicted octanol–water partition coefficient (Wildman–Crippen LogP) is 2.28. The molecule has 0 bridgehead atoms. The Hall–Kier alpha value is -2.44. The van der Waals surface area contributed by atoms with Gasteiger partial charge in [0.15, 0.2) is 5.75 Å². The van der Waals surface area contributed by atoms with E-state index in [9.17, 15) is 27.2 Å². The summed E-state index contributed by atoms with van der Waals surface area (Å²) in [6.45, 7) is -3.41. The minimum atomic E-state index is -3.16. The number of alkyl halides is 4. The predicted molar refractivity (Wildman–Crippen MR) is 113 cm³/mol. The van der Waals surface area contributed by atoms with E-state index in [1.165, 1.54) is 28.0 Å². The second-order valence-corrected chi connectivity index (χ2v) is 8.04. The highest BCUT2D eigenvalue weighted by atomic mass is 19.3. The van der Waals surface area contributed by atoms with Crippen molar-refractivity contribution in [2.24, 2.45) is 11.7 Å². The first-order valence-electron chi connectivity index (χ1n) is 10.8. The number of amides is 2. The number of ether oxygens (including phenoxy) is 2. The maximum atomic E-state index is 13.1. The average molecular weight is 476 g/mol. The van der Waals surface area contributed by atoms with Crippen LogP contribution < -0.4 is 20.7 Å². The van der Waals surface area contributed by atoms with Gasteiger partial charge in [-0.3, -0.25) is 14.5 Å². The number of benzene rings is 1. The number of hydrogen-bond acceptors (Lipinski definition) is 6. The van der Waals surface area contributed by atoms with Gasteiger partial charge in [0.1, 0.15) is 12.6 Å². The SMILES string of the molecule is NC[C@@H](C(=O)Nc1ccc(N2CCOCC2=O)c(OC(F)F)c1)N(CC(F)F)CC1CCC1. The summed E-state index contributed by atoms with van der Waals surface area (Å²) in [5.74, 6) is -1.11. The topological polar surface area (TPSA) is 97.1 Å². The zero-order chi connectivity index (χ0) is 24.0. The van der Waals surface area contributed by atoms with Gasteiger partial charge in [0.25, 0.3) is 12.3 Å². The third-order valence-corrected chi connectivity index (χ3v) is 5.78. The molecule has 184 valence electrons. The van der Waals surface area contributed by atoms with Crippen LogP contribution in [0.4, 0.5) is 28.9 Å². The summed E-state index contributed by atoms with van der Waals surface area (Å²) in [4.78, 5) is 27.6. The Labute approximate surface area is 189 Å². The van der Waals surface area contributed by atoms with E-state index in [4.69, 9.17) is 10.5 Å². The van der Waals surface area contributed by atoms with Gasteiger partial charge in [-0.15, -0.1) is 0 Å². The van der Waals surface area contributed by atoms with E-state index in [2.05, 4.69) is 10.1 Å². The molecule has 12 heteroatoms. The summed E-state index contributed by atoms with van der Waals surface area (Å²) < 4.78 is 61.9. The van der Waals surface area contributed by atoms with E-state index in [0.29, 0.717) is 6.54 Å². The second kappa shape index (κ2) is 11.6.